The van der Waals surface area contributed by atoms with Crippen LogP contribution in [-0.4, -0.2) is 92.1 Å². The number of amides is 2. The zero-order valence-corrected chi connectivity index (χ0v) is 21.2. The topological polar surface area (TPSA) is 124 Å². The van der Waals surface area contributed by atoms with Crippen LogP contribution in [0.4, 0.5) is 0 Å². The summed E-state index contributed by atoms with van der Waals surface area (Å²) in [6.07, 6.45) is 2.88. The molecule has 11 heteroatoms. The van der Waals surface area contributed by atoms with Gasteiger partial charge in [0.2, 0.25) is 11.8 Å². The average Bonchev–Trinajstić information content (AvgIpc) is 3.46. The third-order valence-corrected chi connectivity index (χ3v) is 9.03. The predicted octanol–water partition coefficient (Wildman–Crippen LogP) is 2.44. The van der Waals surface area contributed by atoms with Gasteiger partial charge in [-0.1, -0.05) is 32.5 Å². The maximum atomic E-state index is 12.7. The van der Waals surface area contributed by atoms with E-state index in [1.807, 2.05) is 13.8 Å². The number of carboxylic acid groups (broad SMARTS) is 1. The van der Waals surface area contributed by atoms with Crippen LogP contribution in [-0.2, 0) is 24.1 Å². The molecule has 188 valence electrons. The molecule has 2 rings (SSSR count). The number of carbonyl (C=O) groups is 4. The van der Waals surface area contributed by atoms with Gasteiger partial charge in [0.1, 0.15) is 12.6 Å². The van der Waals surface area contributed by atoms with Gasteiger partial charge < -0.3 is 14.9 Å². The van der Waals surface area contributed by atoms with Gasteiger partial charge in [0.05, 0.1) is 6.04 Å². The Balaban J connectivity index is 1.70. The van der Waals surface area contributed by atoms with E-state index in [0.717, 1.165) is 24.6 Å². The number of thioether (sulfide) groups is 2. The van der Waals surface area contributed by atoms with Crippen LogP contribution < -0.4 is 0 Å². The van der Waals surface area contributed by atoms with Crippen molar-refractivity contribution in [2.24, 2.45) is 17.8 Å². The number of likely N-dealkylation sites (tertiary alicyclic amines) is 2. The highest BCUT2D eigenvalue weighted by atomic mass is 32.2. The number of aliphatic carboxylic acids is 1. The molecule has 0 aromatic heterocycles. The van der Waals surface area contributed by atoms with Crippen LogP contribution in [0, 0.1) is 17.8 Å². The summed E-state index contributed by atoms with van der Waals surface area (Å²) in [5.41, 5.74) is 0. The van der Waals surface area contributed by atoms with E-state index in [4.69, 9.17) is 5.26 Å². The molecule has 2 aliphatic heterocycles. The van der Waals surface area contributed by atoms with Gasteiger partial charge in [0.25, 0.3) is 0 Å². The van der Waals surface area contributed by atoms with E-state index in [1.165, 1.54) is 4.90 Å². The molecule has 2 fully saturated rings. The molecule has 2 amide bonds. The standard InChI is InChI=1S/C22H36N2O7S2/c1-14(19(25)23-8-4-6-17(23)10-31-30)11-32-12-16(3)22(29)33-13-15(2)20(26)24-9-5-7-18(24)21(27)28/h14-18,30H,4-13H2,1-3H3,(H,27,28). The highest BCUT2D eigenvalue weighted by Gasteiger charge is 2.36. The lowest BCUT2D eigenvalue weighted by Crippen LogP contribution is -2.43. The molecule has 2 N–H and O–H groups in total. The van der Waals surface area contributed by atoms with Gasteiger partial charge in [-0.05, 0) is 25.7 Å². The highest BCUT2D eigenvalue weighted by molar-refractivity contribution is 8.13. The van der Waals surface area contributed by atoms with Crippen LogP contribution >= 0.6 is 23.5 Å². The van der Waals surface area contributed by atoms with E-state index >= 15 is 0 Å². The van der Waals surface area contributed by atoms with Crippen molar-refractivity contribution in [3.8, 4) is 0 Å². The van der Waals surface area contributed by atoms with Crippen LogP contribution in [0.15, 0.2) is 0 Å². The van der Waals surface area contributed by atoms with Crippen molar-refractivity contribution >= 4 is 46.4 Å². The van der Waals surface area contributed by atoms with Crippen molar-refractivity contribution in [3.05, 3.63) is 0 Å². The molecule has 2 aliphatic rings. The summed E-state index contributed by atoms with van der Waals surface area (Å²) in [7, 11) is 0. The molecule has 0 spiro atoms. The first kappa shape index (κ1) is 27.9. The summed E-state index contributed by atoms with van der Waals surface area (Å²) < 4.78 is 0. The fourth-order valence-electron chi connectivity index (χ4n) is 4.22. The molecule has 0 aromatic carbocycles. The van der Waals surface area contributed by atoms with Crippen LogP contribution in [0.5, 0.6) is 0 Å². The molecular formula is C22H36N2O7S2. The van der Waals surface area contributed by atoms with Crippen molar-refractivity contribution in [1.82, 2.24) is 9.80 Å². The molecule has 2 heterocycles. The zero-order chi connectivity index (χ0) is 24.5. The predicted molar refractivity (Wildman–Crippen MR) is 128 cm³/mol. The molecule has 33 heavy (non-hydrogen) atoms. The first-order valence-corrected chi connectivity index (χ1v) is 13.7. The Labute approximate surface area is 203 Å². The minimum atomic E-state index is -0.975. The number of rotatable bonds is 12. The number of hydrogen-bond acceptors (Lipinski definition) is 8. The maximum Gasteiger partial charge on any atom is 0.326 e. The van der Waals surface area contributed by atoms with Gasteiger partial charge in [-0.3, -0.25) is 19.6 Å². The molecule has 0 saturated carbocycles. The first-order chi connectivity index (χ1) is 15.7. The second-order valence-corrected chi connectivity index (χ2v) is 11.1. The number of carbonyl (C=O) groups excluding carboxylic acids is 3. The summed E-state index contributed by atoms with van der Waals surface area (Å²) in [6, 6.07) is -0.837. The number of carboxylic acids is 1. The van der Waals surface area contributed by atoms with Gasteiger partial charge in [-0.15, -0.1) is 0 Å². The molecular weight excluding hydrogens is 468 g/mol. The lowest BCUT2D eigenvalue weighted by atomic mass is 10.1. The Morgan fingerprint density at radius 1 is 0.909 bits per heavy atom. The quantitative estimate of drug-likeness (QED) is 0.304. The Bertz CT molecular complexity index is 708. The minimum absolute atomic E-state index is 0.00274. The van der Waals surface area contributed by atoms with Crippen molar-refractivity contribution in [2.45, 2.75) is 58.5 Å². The van der Waals surface area contributed by atoms with Gasteiger partial charge in [0.15, 0.2) is 5.12 Å². The molecule has 5 atom stereocenters. The van der Waals surface area contributed by atoms with Crippen LogP contribution in [0.1, 0.15) is 46.5 Å². The van der Waals surface area contributed by atoms with Crippen molar-refractivity contribution in [2.75, 3.05) is 37.0 Å². The third-order valence-electron chi connectivity index (χ3n) is 6.20. The second-order valence-electron chi connectivity index (χ2n) is 9.02. The molecule has 0 aliphatic carbocycles. The SMILES string of the molecule is CC(CSCC(C)C(=O)N1CCCC1COO)C(=O)SCC(C)C(=O)N1CCCC1C(=O)O. The van der Waals surface area contributed by atoms with Gasteiger partial charge >= 0.3 is 5.97 Å². The number of nitrogens with zero attached hydrogens (tertiary/aromatic N) is 2. The monoisotopic (exact) mass is 504 g/mol. The summed E-state index contributed by atoms with van der Waals surface area (Å²) in [4.78, 5) is 56.6. The van der Waals surface area contributed by atoms with E-state index < -0.39 is 17.9 Å². The molecule has 0 radical (unpaired) electrons. The molecule has 9 nitrogen and oxygen atoms in total. The van der Waals surface area contributed by atoms with Crippen molar-refractivity contribution in [1.29, 1.82) is 0 Å². The summed E-state index contributed by atoms with van der Waals surface area (Å²) in [5.74, 6) is -0.453. The Morgan fingerprint density at radius 2 is 1.48 bits per heavy atom. The summed E-state index contributed by atoms with van der Waals surface area (Å²) in [5, 5.41) is 18.0. The Hall–Kier alpha value is -1.30. The summed E-state index contributed by atoms with van der Waals surface area (Å²) >= 11 is 2.68. The zero-order valence-electron chi connectivity index (χ0n) is 19.6. The molecule has 2 saturated heterocycles. The third kappa shape index (κ3) is 7.87. The van der Waals surface area contributed by atoms with E-state index in [-0.39, 0.29) is 41.4 Å². The van der Waals surface area contributed by atoms with Gasteiger partial charge in [-0.2, -0.15) is 11.8 Å². The highest BCUT2D eigenvalue weighted by Crippen LogP contribution is 2.25. The molecule has 0 bridgehead atoms. The van der Waals surface area contributed by atoms with E-state index in [0.29, 0.717) is 43.2 Å². The lowest BCUT2D eigenvalue weighted by molar-refractivity contribution is -0.250. The average molecular weight is 505 g/mol. The maximum absolute atomic E-state index is 12.7. The van der Waals surface area contributed by atoms with Crippen LogP contribution in [0.2, 0.25) is 0 Å². The lowest BCUT2D eigenvalue weighted by Gasteiger charge is -2.26. The Morgan fingerprint density at radius 3 is 2.15 bits per heavy atom. The minimum Gasteiger partial charge on any atom is -0.480 e. The van der Waals surface area contributed by atoms with E-state index in [1.54, 1.807) is 23.6 Å². The second kappa shape index (κ2) is 13.6. The Kier molecular flexibility index (Phi) is 11.5. The fraction of sp³-hybridized carbons (Fsp3) is 0.818. The molecule has 0 aromatic rings. The van der Waals surface area contributed by atoms with Crippen molar-refractivity contribution in [3.63, 3.8) is 0 Å². The van der Waals surface area contributed by atoms with Crippen LogP contribution in [0.3, 0.4) is 0 Å². The van der Waals surface area contributed by atoms with Crippen LogP contribution in [0.25, 0.3) is 0 Å². The smallest absolute Gasteiger partial charge is 0.326 e. The first-order valence-electron chi connectivity index (χ1n) is 11.5. The van der Waals surface area contributed by atoms with Gasteiger partial charge in [-0.25, -0.2) is 9.68 Å². The molecule has 5 unspecified atom stereocenters. The van der Waals surface area contributed by atoms with Crippen molar-refractivity contribution < 1.29 is 34.4 Å². The van der Waals surface area contributed by atoms with Gasteiger partial charge in [0, 0.05) is 48.1 Å². The normalized spacial score (nSPS) is 23.4. The summed E-state index contributed by atoms with van der Waals surface area (Å²) in [6.45, 7) is 6.71. The fourth-order valence-corrected chi connectivity index (χ4v) is 6.39. The largest absolute Gasteiger partial charge is 0.480 e. The van der Waals surface area contributed by atoms with E-state index in [9.17, 15) is 24.3 Å². The van der Waals surface area contributed by atoms with E-state index in [2.05, 4.69) is 4.89 Å². The number of hydrogen-bond donors (Lipinski definition) is 2.